The Bertz CT molecular complexity index is 397. The molecule has 1 N–H and O–H groups in total. The second-order valence-electron chi connectivity index (χ2n) is 4.70. The predicted octanol–water partition coefficient (Wildman–Crippen LogP) is 3.02. The van der Waals surface area contributed by atoms with Gasteiger partial charge < -0.3 is 10.2 Å². The Hall–Kier alpha value is -0.610. The molecule has 1 saturated heterocycles. The maximum absolute atomic E-state index is 13.9. The van der Waals surface area contributed by atoms with Crippen molar-refractivity contribution in [3.63, 3.8) is 0 Å². The van der Waals surface area contributed by atoms with E-state index in [0.29, 0.717) is 12.0 Å². The highest BCUT2D eigenvalue weighted by Gasteiger charge is 2.26. The van der Waals surface area contributed by atoms with E-state index in [-0.39, 0.29) is 5.82 Å². The van der Waals surface area contributed by atoms with Gasteiger partial charge in [-0.1, -0.05) is 22.9 Å². The molecule has 0 radical (unpaired) electrons. The molecule has 0 bridgehead atoms. The molecule has 0 aliphatic carbocycles. The lowest BCUT2D eigenvalue weighted by Gasteiger charge is -2.38. The zero-order valence-corrected chi connectivity index (χ0v) is 11.8. The van der Waals surface area contributed by atoms with Gasteiger partial charge in [0.15, 0.2) is 0 Å². The quantitative estimate of drug-likeness (QED) is 0.903. The van der Waals surface area contributed by atoms with E-state index in [2.05, 4.69) is 33.1 Å². The van der Waals surface area contributed by atoms with Crippen molar-refractivity contribution >= 4 is 21.6 Å². The summed E-state index contributed by atoms with van der Waals surface area (Å²) in [5, 5.41) is 3.32. The number of anilines is 1. The van der Waals surface area contributed by atoms with Crippen molar-refractivity contribution in [2.24, 2.45) is 5.92 Å². The van der Waals surface area contributed by atoms with E-state index in [1.54, 1.807) is 0 Å². The molecular formula is C13H18BrFN2. The first-order chi connectivity index (χ1) is 8.11. The van der Waals surface area contributed by atoms with Gasteiger partial charge in [0.05, 0.1) is 5.69 Å². The molecule has 1 aromatic carbocycles. The Kier molecular flexibility index (Phi) is 4.05. The van der Waals surface area contributed by atoms with Crippen molar-refractivity contribution in [3.05, 3.63) is 28.5 Å². The van der Waals surface area contributed by atoms with E-state index in [9.17, 15) is 4.39 Å². The van der Waals surface area contributed by atoms with Crippen LogP contribution in [0.5, 0.6) is 0 Å². The number of hydrogen-bond donors (Lipinski definition) is 1. The number of piperidine rings is 1. The van der Waals surface area contributed by atoms with Crippen LogP contribution < -0.4 is 10.2 Å². The smallest absolute Gasteiger partial charge is 0.147 e. The highest BCUT2D eigenvalue weighted by atomic mass is 79.9. The van der Waals surface area contributed by atoms with Crippen molar-refractivity contribution in [1.29, 1.82) is 0 Å². The number of halogens is 2. The Morgan fingerprint density at radius 1 is 1.47 bits per heavy atom. The van der Waals surface area contributed by atoms with Gasteiger partial charge in [-0.15, -0.1) is 0 Å². The maximum Gasteiger partial charge on any atom is 0.147 e. The standard InChI is InChI=1S/C13H18BrFN2/c1-9-8-17(6-5-12(9)16-2)13-4-3-10(14)7-11(13)15/h3-4,7,9,12,16H,5-6,8H2,1-2H3. The van der Waals surface area contributed by atoms with Crippen molar-refractivity contribution in [2.75, 3.05) is 25.0 Å². The molecule has 2 nitrogen and oxygen atoms in total. The number of nitrogens with zero attached hydrogens (tertiary/aromatic N) is 1. The van der Waals surface area contributed by atoms with Gasteiger partial charge >= 0.3 is 0 Å². The summed E-state index contributed by atoms with van der Waals surface area (Å²) >= 11 is 3.28. The molecule has 4 heteroatoms. The van der Waals surface area contributed by atoms with Gasteiger partial charge in [0.2, 0.25) is 0 Å². The van der Waals surface area contributed by atoms with Gasteiger partial charge in [-0.05, 0) is 37.6 Å². The third kappa shape index (κ3) is 2.80. The lowest BCUT2D eigenvalue weighted by atomic mass is 9.93. The molecule has 1 aliphatic rings. The summed E-state index contributed by atoms with van der Waals surface area (Å²) in [6.07, 6.45) is 1.06. The van der Waals surface area contributed by atoms with E-state index < -0.39 is 0 Å². The minimum atomic E-state index is -0.144. The van der Waals surface area contributed by atoms with E-state index in [4.69, 9.17) is 0 Å². The van der Waals surface area contributed by atoms with Crippen molar-refractivity contribution in [2.45, 2.75) is 19.4 Å². The van der Waals surface area contributed by atoms with Crippen LogP contribution >= 0.6 is 15.9 Å². The van der Waals surface area contributed by atoms with E-state index in [1.807, 2.05) is 19.2 Å². The highest BCUT2D eigenvalue weighted by Crippen LogP contribution is 2.27. The zero-order valence-electron chi connectivity index (χ0n) is 10.2. The molecular weight excluding hydrogens is 283 g/mol. The summed E-state index contributed by atoms with van der Waals surface area (Å²) in [5.74, 6) is 0.395. The molecule has 94 valence electrons. The summed E-state index contributed by atoms with van der Waals surface area (Å²) in [6.45, 7) is 4.03. The normalized spacial score (nSPS) is 25.1. The van der Waals surface area contributed by atoms with E-state index in [0.717, 1.165) is 29.7 Å². The number of nitrogens with one attached hydrogen (secondary N) is 1. The minimum Gasteiger partial charge on any atom is -0.369 e. The van der Waals surface area contributed by atoms with Crippen LogP contribution in [-0.4, -0.2) is 26.2 Å². The molecule has 2 rings (SSSR count). The monoisotopic (exact) mass is 300 g/mol. The van der Waals surface area contributed by atoms with Gasteiger partial charge in [-0.25, -0.2) is 4.39 Å². The number of benzene rings is 1. The van der Waals surface area contributed by atoms with Crippen LogP contribution in [0.1, 0.15) is 13.3 Å². The van der Waals surface area contributed by atoms with Gasteiger partial charge in [0.25, 0.3) is 0 Å². The predicted molar refractivity (Wildman–Crippen MR) is 72.9 cm³/mol. The van der Waals surface area contributed by atoms with Crippen LogP contribution in [0.4, 0.5) is 10.1 Å². The summed E-state index contributed by atoms with van der Waals surface area (Å²) < 4.78 is 14.6. The fourth-order valence-corrected chi connectivity index (χ4v) is 2.86. The first-order valence-electron chi connectivity index (χ1n) is 5.99. The fourth-order valence-electron chi connectivity index (χ4n) is 2.53. The molecule has 1 heterocycles. The van der Waals surface area contributed by atoms with Gasteiger partial charge in [0, 0.05) is 23.6 Å². The van der Waals surface area contributed by atoms with Gasteiger partial charge in [-0.3, -0.25) is 0 Å². The number of hydrogen-bond acceptors (Lipinski definition) is 2. The lowest BCUT2D eigenvalue weighted by molar-refractivity contribution is 0.337. The van der Waals surface area contributed by atoms with Crippen molar-refractivity contribution < 1.29 is 4.39 Å². The van der Waals surface area contributed by atoms with Crippen LogP contribution in [0, 0.1) is 11.7 Å². The summed E-state index contributed by atoms with van der Waals surface area (Å²) in [5.41, 5.74) is 0.717. The minimum absolute atomic E-state index is 0.144. The molecule has 2 unspecified atom stereocenters. The third-order valence-electron chi connectivity index (χ3n) is 3.53. The van der Waals surface area contributed by atoms with Crippen LogP contribution in [0.2, 0.25) is 0 Å². The Morgan fingerprint density at radius 3 is 2.82 bits per heavy atom. The topological polar surface area (TPSA) is 15.3 Å². The Balaban J connectivity index is 2.14. The fraction of sp³-hybridized carbons (Fsp3) is 0.538. The molecule has 0 amide bonds. The van der Waals surface area contributed by atoms with Crippen molar-refractivity contribution in [3.8, 4) is 0 Å². The third-order valence-corrected chi connectivity index (χ3v) is 4.02. The average Bonchev–Trinajstić information content (AvgIpc) is 2.29. The summed E-state index contributed by atoms with van der Waals surface area (Å²) in [6, 6.07) is 5.83. The van der Waals surface area contributed by atoms with E-state index in [1.165, 1.54) is 6.07 Å². The van der Waals surface area contributed by atoms with Crippen molar-refractivity contribution in [1.82, 2.24) is 5.32 Å². The van der Waals surface area contributed by atoms with Crippen LogP contribution in [0.25, 0.3) is 0 Å². The highest BCUT2D eigenvalue weighted by molar-refractivity contribution is 9.10. The Morgan fingerprint density at radius 2 is 2.24 bits per heavy atom. The first kappa shape index (κ1) is 12.8. The van der Waals surface area contributed by atoms with E-state index >= 15 is 0 Å². The van der Waals surface area contributed by atoms with Crippen LogP contribution in [0.3, 0.4) is 0 Å². The number of rotatable bonds is 2. The first-order valence-corrected chi connectivity index (χ1v) is 6.78. The summed E-state index contributed by atoms with van der Waals surface area (Å²) in [7, 11) is 2.00. The SMILES string of the molecule is CNC1CCN(c2ccc(Br)cc2F)CC1C. The molecule has 17 heavy (non-hydrogen) atoms. The second-order valence-corrected chi connectivity index (χ2v) is 5.62. The molecule has 0 saturated carbocycles. The Labute approximate surface area is 110 Å². The molecule has 1 fully saturated rings. The largest absolute Gasteiger partial charge is 0.369 e. The van der Waals surface area contributed by atoms with Gasteiger partial charge in [0.1, 0.15) is 5.82 Å². The average molecular weight is 301 g/mol. The molecule has 1 aliphatic heterocycles. The van der Waals surface area contributed by atoms with Crippen LogP contribution in [-0.2, 0) is 0 Å². The van der Waals surface area contributed by atoms with Crippen LogP contribution in [0.15, 0.2) is 22.7 Å². The lowest BCUT2D eigenvalue weighted by Crippen LogP contribution is -2.47. The zero-order chi connectivity index (χ0) is 12.4. The summed E-state index contributed by atoms with van der Waals surface area (Å²) in [4.78, 5) is 2.14. The van der Waals surface area contributed by atoms with Gasteiger partial charge in [-0.2, -0.15) is 0 Å². The molecule has 0 aromatic heterocycles. The molecule has 0 spiro atoms. The molecule has 2 atom stereocenters. The maximum atomic E-state index is 13.9. The molecule has 1 aromatic rings. The second kappa shape index (κ2) is 5.36.